The summed E-state index contributed by atoms with van der Waals surface area (Å²) in [4.78, 5) is 33.1. The molecule has 2 aliphatic heterocycles. The van der Waals surface area contributed by atoms with Gasteiger partial charge in [0.2, 0.25) is 0 Å². The van der Waals surface area contributed by atoms with Crippen molar-refractivity contribution >= 4 is 38.0 Å². The Labute approximate surface area is 213 Å². The molecular formula is C28H25IN2O3. The standard InChI is InChI=1S/C28H25IN2O3/c1-28(2)17-21-22(23(29)20-15-9-10-16-30-20)26(32)31(21)25(28)27(33)34-24(18-11-5-3-6-12-18)19-13-7-4-8-14-19/h3-16,21,24-25H,17H2,1-2H3/b23-22-/t21?,25-/m0/s1. The Hall–Kier alpha value is -3.00. The summed E-state index contributed by atoms with van der Waals surface area (Å²) in [6.45, 7) is 4.08. The van der Waals surface area contributed by atoms with Crippen LogP contribution in [-0.2, 0) is 14.3 Å². The number of benzene rings is 2. The molecule has 3 heterocycles. The average Bonchev–Trinajstić information content (AvgIpc) is 3.11. The molecule has 1 aromatic heterocycles. The van der Waals surface area contributed by atoms with E-state index in [2.05, 4.69) is 27.6 Å². The molecule has 2 saturated heterocycles. The quantitative estimate of drug-likeness (QED) is 0.176. The molecule has 34 heavy (non-hydrogen) atoms. The van der Waals surface area contributed by atoms with Gasteiger partial charge in [0.15, 0.2) is 6.10 Å². The van der Waals surface area contributed by atoms with Crippen molar-refractivity contribution in [2.45, 2.75) is 38.5 Å². The molecule has 1 amide bonds. The van der Waals surface area contributed by atoms with Crippen LogP contribution in [0.5, 0.6) is 0 Å². The first kappa shape index (κ1) is 22.8. The number of rotatable bonds is 5. The van der Waals surface area contributed by atoms with Gasteiger partial charge in [-0.15, -0.1) is 0 Å². The van der Waals surface area contributed by atoms with Gasteiger partial charge in [0.25, 0.3) is 5.91 Å². The summed E-state index contributed by atoms with van der Waals surface area (Å²) in [6, 6.07) is 24.4. The van der Waals surface area contributed by atoms with Crippen LogP contribution in [0.15, 0.2) is 90.6 Å². The minimum atomic E-state index is -0.642. The molecule has 1 unspecified atom stereocenters. The van der Waals surface area contributed by atoms with Crippen molar-refractivity contribution in [2.24, 2.45) is 5.41 Å². The SMILES string of the molecule is CC1(C)CC2/C(=C(/I)c3ccccn3)C(=O)N2[C@H]1C(=O)OC(c1ccccc1)c1ccccc1. The Morgan fingerprint density at radius 2 is 1.59 bits per heavy atom. The van der Waals surface area contributed by atoms with Gasteiger partial charge in [-0.2, -0.15) is 0 Å². The maximum Gasteiger partial charge on any atom is 0.330 e. The molecule has 0 radical (unpaired) electrons. The van der Waals surface area contributed by atoms with Crippen molar-refractivity contribution in [2.75, 3.05) is 0 Å². The van der Waals surface area contributed by atoms with Crippen molar-refractivity contribution in [1.82, 2.24) is 9.88 Å². The highest BCUT2D eigenvalue weighted by molar-refractivity contribution is 14.1. The first-order valence-electron chi connectivity index (χ1n) is 11.3. The number of fused-ring (bicyclic) bond motifs is 1. The lowest BCUT2D eigenvalue weighted by Crippen LogP contribution is -2.58. The van der Waals surface area contributed by atoms with E-state index in [1.165, 1.54) is 0 Å². The van der Waals surface area contributed by atoms with Gasteiger partial charge in [-0.3, -0.25) is 9.78 Å². The van der Waals surface area contributed by atoms with Crippen molar-refractivity contribution in [1.29, 1.82) is 0 Å². The van der Waals surface area contributed by atoms with Crippen molar-refractivity contribution in [3.8, 4) is 0 Å². The predicted molar refractivity (Wildman–Crippen MR) is 139 cm³/mol. The molecule has 2 aliphatic rings. The number of ether oxygens (including phenoxy) is 1. The second kappa shape index (κ2) is 8.98. The summed E-state index contributed by atoms with van der Waals surface area (Å²) < 4.78 is 7.01. The number of β-lactam (4-membered cyclic amide) rings is 1. The van der Waals surface area contributed by atoms with E-state index in [4.69, 9.17) is 4.74 Å². The van der Waals surface area contributed by atoms with Gasteiger partial charge in [0, 0.05) is 9.78 Å². The molecular weight excluding hydrogens is 539 g/mol. The first-order valence-corrected chi connectivity index (χ1v) is 12.4. The Balaban J connectivity index is 1.45. The molecule has 6 heteroatoms. The number of pyridine rings is 1. The van der Waals surface area contributed by atoms with Crippen LogP contribution < -0.4 is 0 Å². The van der Waals surface area contributed by atoms with Gasteiger partial charge in [0.1, 0.15) is 6.04 Å². The highest BCUT2D eigenvalue weighted by Gasteiger charge is 2.61. The van der Waals surface area contributed by atoms with E-state index in [1.54, 1.807) is 11.1 Å². The molecule has 5 nitrogen and oxygen atoms in total. The van der Waals surface area contributed by atoms with Crippen molar-refractivity contribution in [3.05, 3.63) is 107 Å². The lowest BCUT2D eigenvalue weighted by atomic mass is 9.83. The van der Waals surface area contributed by atoms with Crippen LogP contribution in [0.25, 0.3) is 3.58 Å². The fraction of sp³-hybridized carbons (Fsp3) is 0.250. The van der Waals surface area contributed by atoms with Crippen LogP contribution >= 0.6 is 22.6 Å². The summed E-state index contributed by atoms with van der Waals surface area (Å²) in [7, 11) is 0. The summed E-state index contributed by atoms with van der Waals surface area (Å²) in [5.74, 6) is -0.478. The molecule has 0 bridgehead atoms. The highest BCUT2D eigenvalue weighted by atomic mass is 127. The number of halogens is 1. The summed E-state index contributed by atoms with van der Waals surface area (Å²) >= 11 is 2.20. The smallest absolute Gasteiger partial charge is 0.330 e. The average molecular weight is 564 g/mol. The van der Waals surface area contributed by atoms with E-state index in [9.17, 15) is 9.59 Å². The predicted octanol–water partition coefficient (Wildman–Crippen LogP) is 5.57. The van der Waals surface area contributed by atoms with Crippen LogP contribution in [0, 0.1) is 5.41 Å². The summed E-state index contributed by atoms with van der Waals surface area (Å²) in [5.41, 5.74) is 2.90. The van der Waals surface area contributed by atoms with E-state index < -0.39 is 17.6 Å². The van der Waals surface area contributed by atoms with Gasteiger partial charge in [-0.25, -0.2) is 4.79 Å². The van der Waals surface area contributed by atoms with Gasteiger partial charge < -0.3 is 9.64 Å². The van der Waals surface area contributed by atoms with Gasteiger partial charge in [-0.1, -0.05) is 80.6 Å². The van der Waals surface area contributed by atoms with Crippen LogP contribution in [0.4, 0.5) is 0 Å². The third kappa shape index (κ3) is 3.94. The van der Waals surface area contributed by atoms with E-state index in [0.29, 0.717) is 6.42 Å². The van der Waals surface area contributed by atoms with E-state index in [-0.39, 0.29) is 17.9 Å². The lowest BCUT2D eigenvalue weighted by molar-refractivity contribution is -0.162. The lowest BCUT2D eigenvalue weighted by Gasteiger charge is -2.41. The number of hydrogen-bond donors (Lipinski definition) is 0. The monoisotopic (exact) mass is 564 g/mol. The zero-order valence-electron chi connectivity index (χ0n) is 19.0. The molecule has 3 aromatic rings. The fourth-order valence-corrected chi connectivity index (χ4v) is 5.96. The molecule has 0 spiro atoms. The maximum atomic E-state index is 13.7. The second-order valence-electron chi connectivity index (χ2n) is 9.40. The zero-order chi connectivity index (χ0) is 23.9. The Morgan fingerprint density at radius 3 is 2.15 bits per heavy atom. The Kier molecular flexibility index (Phi) is 6.02. The highest BCUT2D eigenvalue weighted by Crippen LogP contribution is 2.52. The number of aromatic nitrogens is 1. The van der Waals surface area contributed by atoms with E-state index in [1.807, 2.05) is 92.7 Å². The van der Waals surface area contributed by atoms with Gasteiger partial charge in [0.05, 0.1) is 17.3 Å². The van der Waals surface area contributed by atoms with Crippen molar-refractivity contribution < 1.29 is 14.3 Å². The number of carbonyl (C=O) groups is 2. The molecule has 0 aliphatic carbocycles. The molecule has 5 rings (SSSR count). The maximum absolute atomic E-state index is 13.7. The molecule has 0 N–H and O–H groups in total. The van der Waals surface area contributed by atoms with E-state index in [0.717, 1.165) is 26.0 Å². The minimum Gasteiger partial charge on any atom is -0.451 e. The Morgan fingerprint density at radius 1 is 1.00 bits per heavy atom. The largest absolute Gasteiger partial charge is 0.451 e. The Bertz CT molecular complexity index is 1200. The summed E-state index contributed by atoms with van der Waals surface area (Å²) in [5, 5.41) is 0. The molecule has 0 saturated carbocycles. The van der Waals surface area contributed by atoms with Gasteiger partial charge >= 0.3 is 5.97 Å². The zero-order valence-corrected chi connectivity index (χ0v) is 21.2. The minimum absolute atomic E-state index is 0.108. The third-order valence-electron chi connectivity index (χ3n) is 6.66. The van der Waals surface area contributed by atoms with Crippen LogP contribution in [0.3, 0.4) is 0 Å². The first-order chi connectivity index (χ1) is 16.4. The number of amides is 1. The van der Waals surface area contributed by atoms with Crippen LogP contribution in [0.2, 0.25) is 0 Å². The third-order valence-corrected chi connectivity index (χ3v) is 7.79. The fourth-order valence-electron chi connectivity index (χ4n) is 5.05. The second-order valence-corrected chi connectivity index (χ2v) is 10.5. The normalized spacial score (nSPS) is 22.2. The van der Waals surface area contributed by atoms with Crippen molar-refractivity contribution in [3.63, 3.8) is 0 Å². The van der Waals surface area contributed by atoms with Crippen LogP contribution in [-0.4, -0.2) is 33.8 Å². The number of carbonyl (C=O) groups excluding carboxylic acids is 2. The topological polar surface area (TPSA) is 59.5 Å². The number of esters is 1. The number of hydrogen-bond acceptors (Lipinski definition) is 4. The number of nitrogens with zero attached hydrogens (tertiary/aromatic N) is 2. The molecule has 2 atom stereocenters. The molecule has 2 fully saturated rings. The van der Waals surface area contributed by atoms with Crippen LogP contribution in [0.1, 0.15) is 43.2 Å². The van der Waals surface area contributed by atoms with Gasteiger partial charge in [-0.05, 0) is 57.7 Å². The van der Waals surface area contributed by atoms with E-state index >= 15 is 0 Å². The molecule has 2 aromatic carbocycles. The molecule has 172 valence electrons. The summed E-state index contributed by atoms with van der Waals surface area (Å²) in [6.07, 6.45) is 1.89.